The van der Waals surface area contributed by atoms with E-state index < -0.39 is 0 Å². The van der Waals surface area contributed by atoms with Gasteiger partial charge < -0.3 is 9.47 Å². The van der Waals surface area contributed by atoms with Crippen LogP contribution in [0.25, 0.3) is 10.8 Å². The van der Waals surface area contributed by atoms with Crippen molar-refractivity contribution in [3.8, 4) is 5.75 Å². The number of carbonyl (C=O) groups is 1. The van der Waals surface area contributed by atoms with Gasteiger partial charge in [-0.2, -0.15) is 0 Å². The van der Waals surface area contributed by atoms with Crippen molar-refractivity contribution in [3.05, 3.63) is 77.9 Å². The summed E-state index contributed by atoms with van der Waals surface area (Å²) in [6, 6.07) is 21.4. The number of rotatable bonds is 5. The van der Waals surface area contributed by atoms with Gasteiger partial charge in [-0.25, -0.2) is 4.79 Å². The Balaban J connectivity index is 1.77. The van der Waals surface area contributed by atoms with Crippen molar-refractivity contribution in [2.24, 2.45) is 0 Å². The minimum absolute atomic E-state index is 0.293. The van der Waals surface area contributed by atoms with Crippen molar-refractivity contribution >= 4 is 16.7 Å². The second-order valence-corrected chi connectivity index (χ2v) is 5.22. The third-order valence-corrected chi connectivity index (χ3v) is 3.57. The molecule has 0 atom stereocenters. The normalized spacial score (nSPS) is 10.5. The van der Waals surface area contributed by atoms with Gasteiger partial charge in [0.15, 0.2) is 0 Å². The van der Waals surface area contributed by atoms with Gasteiger partial charge in [-0.15, -0.1) is 0 Å². The average Bonchev–Trinajstić information content (AvgIpc) is 2.60. The second kappa shape index (κ2) is 6.97. The molecule has 0 aromatic heterocycles. The highest BCUT2D eigenvalue weighted by molar-refractivity contribution is 5.95. The molecule has 0 N–H and O–H groups in total. The van der Waals surface area contributed by atoms with E-state index in [1.54, 1.807) is 13.0 Å². The molecule has 3 aromatic rings. The van der Waals surface area contributed by atoms with E-state index in [2.05, 4.69) is 0 Å². The zero-order chi connectivity index (χ0) is 16.1. The fourth-order valence-corrected chi connectivity index (χ4v) is 2.40. The lowest BCUT2D eigenvalue weighted by molar-refractivity contribution is 0.0526. The van der Waals surface area contributed by atoms with Crippen molar-refractivity contribution in [1.29, 1.82) is 0 Å². The highest BCUT2D eigenvalue weighted by atomic mass is 16.5. The van der Waals surface area contributed by atoms with Gasteiger partial charge in [0.2, 0.25) is 0 Å². The van der Waals surface area contributed by atoms with Crippen molar-refractivity contribution < 1.29 is 14.3 Å². The summed E-state index contributed by atoms with van der Waals surface area (Å²) in [6.07, 6.45) is 0. The topological polar surface area (TPSA) is 35.5 Å². The summed E-state index contributed by atoms with van der Waals surface area (Å²) in [6.45, 7) is 2.71. The molecule has 0 amide bonds. The monoisotopic (exact) mass is 306 g/mol. The third kappa shape index (κ3) is 3.69. The molecular weight excluding hydrogens is 288 g/mol. The summed E-state index contributed by atoms with van der Waals surface area (Å²) in [5.74, 6) is 0.518. The van der Waals surface area contributed by atoms with E-state index in [0.29, 0.717) is 18.8 Å². The van der Waals surface area contributed by atoms with E-state index in [0.717, 1.165) is 22.1 Å². The Kier molecular flexibility index (Phi) is 4.57. The van der Waals surface area contributed by atoms with Crippen molar-refractivity contribution in [3.63, 3.8) is 0 Å². The summed E-state index contributed by atoms with van der Waals surface area (Å²) >= 11 is 0. The Morgan fingerprint density at radius 2 is 1.65 bits per heavy atom. The fourth-order valence-electron chi connectivity index (χ4n) is 2.40. The van der Waals surface area contributed by atoms with E-state index in [1.165, 1.54) is 0 Å². The molecule has 3 aromatic carbocycles. The molecule has 3 heteroatoms. The molecular formula is C20H18O3. The Morgan fingerprint density at radius 1 is 0.913 bits per heavy atom. The van der Waals surface area contributed by atoms with Gasteiger partial charge in [0.25, 0.3) is 0 Å². The van der Waals surface area contributed by atoms with Crippen LogP contribution in [-0.2, 0) is 11.3 Å². The van der Waals surface area contributed by atoms with Gasteiger partial charge in [0.1, 0.15) is 12.4 Å². The van der Waals surface area contributed by atoms with E-state index >= 15 is 0 Å². The second-order valence-electron chi connectivity index (χ2n) is 5.22. The number of hydrogen-bond acceptors (Lipinski definition) is 3. The SMILES string of the molecule is CCOC(=O)c1ccc2cc(OCc3ccccc3)ccc2c1. The van der Waals surface area contributed by atoms with Gasteiger partial charge in [-0.05, 0) is 47.5 Å². The molecule has 0 saturated heterocycles. The first-order valence-electron chi connectivity index (χ1n) is 7.64. The number of ether oxygens (including phenoxy) is 2. The molecule has 3 nitrogen and oxygen atoms in total. The number of carbonyl (C=O) groups excluding carboxylic acids is 1. The Bertz CT molecular complexity index is 809. The molecule has 0 aliphatic heterocycles. The van der Waals surface area contributed by atoms with Crippen molar-refractivity contribution in [1.82, 2.24) is 0 Å². The Labute approximate surface area is 135 Å². The van der Waals surface area contributed by atoms with Gasteiger partial charge >= 0.3 is 5.97 Å². The zero-order valence-corrected chi connectivity index (χ0v) is 13.0. The lowest BCUT2D eigenvalue weighted by atomic mass is 10.1. The van der Waals surface area contributed by atoms with Crippen LogP contribution in [0.4, 0.5) is 0 Å². The summed E-state index contributed by atoms with van der Waals surface area (Å²) in [5.41, 5.74) is 1.70. The number of hydrogen-bond donors (Lipinski definition) is 0. The highest BCUT2D eigenvalue weighted by Crippen LogP contribution is 2.23. The minimum Gasteiger partial charge on any atom is -0.489 e. The molecule has 0 aliphatic rings. The molecule has 0 heterocycles. The third-order valence-electron chi connectivity index (χ3n) is 3.57. The standard InChI is InChI=1S/C20H18O3/c1-2-22-20(21)18-9-8-17-13-19(11-10-16(17)12-18)23-14-15-6-4-3-5-7-15/h3-13H,2,14H2,1H3. The van der Waals surface area contributed by atoms with Gasteiger partial charge in [0.05, 0.1) is 12.2 Å². The molecule has 0 spiro atoms. The molecule has 23 heavy (non-hydrogen) atoms. The van der Waals surface area contributed by atoms with Crippen LogP contribution in [-0.4, -0.2) is 12.6 Å². The number of benzene rings is 3. The maximum atomic E-state index is 11.8. The van der Waals surface area contributed by atoms with Gasteiger partial charge in [-0.1, -0.05) is 42.5 Å². The predicted molar refractivity (Wildman–Crippen MR) is 90.7 cm³/mol. The predicted octanol–water partition coefficient (Wildman–Crippen LogP) is 4.60. The lowest BCUT2D eigenvalue weighted by Crippen LogP contribution is -2.04. The highest BCUT2D eigenvalue weighted by Gasteiger charge is 2.07. The Hall–Kier alpha value is -2.81. The zero-order valence-electron chi connectivity index (χ0n) is 13.0. The Morgan fingerprint density at radius 3 is 2.43 bits per heavy atom. The van der Waals surface area contributed by atoms with Crippen LogP contribution in [0, 0.1) is 0 Å². The van der Waals surface area contributed by atoms with Crippen LogP contribution >= 0.6 is 0 Å². The van der Waals surface area contributed by atoms with Crippen LogP contribution in [0.3, 0.4) is 0 Å². The van der Waals surface area contributed by atoms with E-state index in [-0.39, 0.29) is 5.97 Å². The van der Waals surface area contributed by atoms with Crippen LogP contribution in [0.15, 0.2) is 66.7 Å². The summed E-state index contributed by atoms with van der Waals surface area (Å²) < 4.78 is 10.8. The van der Waals surface area contributed by atoms with Crippen LogP contribution < -0.4 is 4.74 Å². The molecule has 0 aliphatic carbocycles. The van der Waals surface area contributed by atoms with E-state index in [9.17, 15) is 4.79 Å². The van der Waals surface area contributed by atoms with Crippen LogP contribution in [0.5, 0.6) is 5.75 Å². The number of esters is 1. The molecule has 0 bridgehead atoms. The summed E-state index contributed by atoms with van der Waals surface area (Å²) in [4.78, 5) is 11.8. The summed E-state index contributed by atoms with van der Waals surface area (Å²) in [7, 11) is 0. The number of fused-ring (bicyclic) bond motifs is 1. The van der Waals surface area contributed by atoms with Crippen molar-refractivity contribution in [2.75, 3.05) is 6.61 Å². The minimum atomic E-state index is -0.293. The smallest absolute Gasteiger partial charge is 0.338 e. The van der Waals surface area contributed by atoms with Gasteiger partial charge in [0, 0.05) is 0 Å². The molecule has 0 saturated carbocycles. The molecule has 0 fully saturated rings. The largest absolute Gasteiger partial charge is 0.489 e. The first kappa shape index (κ1) is 15.1. The first-order chi connectivity index (χ1) is 11.3. The maximum Gasteiger partial charge on any atom is 0.338 e. The average molecular weight is 306 g/mol. The maximum absolute atomic E-state index is 11.8. The molecule has 0 radical (unpaired) electrons. The summed E-state index contributed by atoms with van der Waals surface area (Å²) in [5, 5.41) is 2.02. The molecule has 116 valence electrons. The fraction of sp³-hybridized carbons (Fsp3) is 0.150. The van der Waals surface area contributed by atoms with Crippen LogP contribution in [0.1, 0.15) is 22.8 Å². The van der Waals surface area contributed by atoms with E-state index in [4.69, 9.17) is 9.47 Å². The van der Waals surface area contributed by atoms with E-state index in [1.807, 2.05) is 60.7 Å². The molecule has 3 rings (SSSR count). The lowest BCUT2D eigenvalue weighted by Gasteiger charge is -2.08. The quantitative estimate of drug-likeness (QED) is 0.646. The van der Waals surface area contributed by atoms with Gasteiger partial charge in [-0.3, -0.25) is 0 Å². The first-order valence-corrected chi connectivity index (χ1v) is 7.64. The van der Waals surface area contributed by atoms with Crippen molar-refractivity contribution in [2.45, 2.75) is 13.5 Å². The molecule has 0 unspecified atom stereocenters. The van der Waals surface area contributed by atoms with Crippen LogP contribution in [0.2, 0.25) is 0 Å².